The summed E-state index contributed by atoms with van der Waals surface area (Å²) in [5, 5.41) is 3.11. The summed E-state index contributed by atoms with van der Waals surface area (Å²) >= 11 is 6.86. The second-order valence-corrected chi connectivity index (χ2v) is 7.99. The molecule has 1 aromatic carbocycles. The summed E-state index contributed by atoms with van der Waals surface area (Å²) in [5.41, 5.74) is 0.703. The van der Waals surface area contributed by atoms with Gasteiger partial charge >= 0.3 is 0 Å². The number of hydrogen-bond acceptors (Lipinski definition) is 2. The fourth-order valence-corrected chi connectivity index (χ4v) is 4.92. The standard InChI is InChI=1S/C16H20Br2N2O/c1-20-12-3-4-13(20)7-10(6-12)9-19-16(21)14-5-2-11(17)8-15(14)18/h2,5,8,10,12-13H,3-4,6-7,9H2,1H3,(H,19,21). The molecule has 0 radical (unpaired) electrons. The van der Waals surface area contributed by atoms with Crippen LogP contribution in [-0.4, -0.2) is 36.5 Å². The van der Waals surface area contributed by atoms with Gasteiger partial charge in [-0.25, -0.2) is 0 Å². The number of benzene rings is 1. The van der Waals surface area contributed by atoms with Crippen LogP contribution in [0.1, 0.15) is 36.0 Å². The first-order valence-electron chi connectivity index (χ1n) is 7.50. The molecular weight excluding hydrogens is 396 g/mol. The van der Waals surface area contributed by atoms with Gasteiger partial charge in [0.15, 0.2) is 0 Å². The van der Waals surface area contributed by atoms with Gasteiger partial charge in [0, 0.05) is 27.6 Å². The maximum absolute atomic E-state index is 12.3. The third-order valence-electron chi connectivity index (χ3n) is 4.92. The van der Waals surface area contributed by atoms with Crippen LogP contribution in [0.2, 0.25) is 0 Å². The van der Waals surface area contributed by atoms with E-state index in [1.807, 2.05) is 18.2 Å². The topological polar surface area (TPSA) is 32.3 Å². The van der Waals surface area contributed by atoms with E-state index in [-0.39, 0.29) is 5.91 Å². The Morgan fingerprint density at radius 2 is 1.95 bits per heavy atom. The summed E-state index contributed by atoms with van der Waals surface area (Å²) in [6, 6.07) is 7.11. The molecule has 2 fully saturated rings. The number of fused-ring (bicyclic) bond motifs is 2. The van der Waals surface area contributed by atoms with E-state index in [0.717, 1.165) is 27.6 Å². The minimum absolute atomic E-state index is 0.0145. The van der Waals surface area contributed by atoms with Gasteiger partial charge in [-0.05, 0) is 72.8 Å². The van der Waals surface area contributed by atoms with E-state index in [2.05, 4.69) is 49.1 Å². The number of rotatable bonds is 3. The zero-order chi connectivity index (χ0) is 15.0. The van der Waals surface area contributed by atoms with E-state index in [0.29, 0.717) is 11.5 Å². The van der Waals surface area contributed by atoms with Crippen LogP contribution in [0.25, 0.3) is 0 Å². The Morgan fingerprint density at radius 1 is 1.29 bits per heavy atom. The number of halogens is 2. The van der Waals surface area contributed by atoms with E-state index in [9.17, 15) is 4.79 Å². The molecule has 114 valence electrons. The Labute approximate surface area is 142 Å². The normalized spacial score (nSPS) is 28.6. The van der Waals surface area contributed by atoms with Crippen molar-refractivity contribution in [1.29, 1.82) is 0 Å². The highest BCUT2D eigenvalue weighted by atomic mass is 79.9. The van der Waals surface area contributed by atoms with Crippen LogP contribution in [0.3, 0.4) is 0 Å². The highest BCUT2D eigenvalue weighted by Crippen LogP contribution is 2.37. The maximum Gasteiger partial charge on any atom is 0.252 e. The zero-order valence-electron chi connectivity index (χ0n) is 12.1. The minimum atomic E-state index is 0.0145. The smallest absolute Gasteiger partial charge is 0.252 e. The quantitative estimate of drug-likeness (QED) is 0.813. The number of nitrogens with one attached hydrogen (secondary N) is 1. The van der Waals surface area contributed by atoms with Crippen molar-refractivity contribution >= 4 is 37.8 Å². The third kappa shape index (κ3) is 3.35. The molecule has 1 amide bonds. The van der Waals surface area contributed by atoms with Crippen molar-refractivity contribution in [2.75, 3.05) is 13.6 Å². The summed E-state index contributed by atoms with van der Waals surface area (Å²) in [7, 11) is 2.25. The summed E-state index contributed by atoms with van der Waals surface area (Å²) < 4.78 is 1.80. The molecule has 0 aromatic heterocycles. The van der Waals surface area contributed by atoms with Crippen molar-refractivity contribution < 1.29 is 4.79 Å². The summed E-state index contributed by atoms with van der Waals surface area (Å²) in [5.74, 6) is 0.637. The Balaban J connectivity index is 1.57. The number of hydrogen-bond donors (Lipinski definition) is 1. The molecular formula is C16H20Br2N2O. The lowest BCUT2D eigenvalue weighted by Gasteiger charge is -2.36. The molecule has 2 unspecified atom stereocenters. The molecule has 3 nitrogen and oxygen atoms in total. The number of carbonyl (C=O) groups is 1. The molecule has 2 atom stereocenters. The molecule has 2 saturated heterocycles. The number of nitrogens with zero attached hydrogens (tertiary/aromatic N) is 1. The average Bonchev–Trinajstić information content (AvgIpc) is 2.67. The van der Waals surface area contributed by atoms with Crippen molar-refractivity contribution in [3.63, 3.8) is 0 Å². The predicted molar refractivity (Wildman–Crippen MR) is 91.5 cm³/mol. The van der Waals surface area contributed by atoms with Gasteiger partial charge in [-0.15, -0.1) is 0 Å². The van der Waals surface area contributed by atoms with Gasteiger partial charge in [0.05, 0.1) is 5.56 Å². The Morgan fingerprint density at radius 3 is 2.57 bits per heavy atom. The molecule has 2 bridgehead atoms. The molecule has 21 heavy (non-hydrogen) atoms. The van der Waals surface area contributed by atoms with Gasteiger partial charge in [-0.3, -0.25) is 4.79 Å². The van der Waals surface area contributed by atoms with E-state index in [4.69, 9.17) is 0 Å². The van der Waals surface area contributed by atoms with Gasteiger partial charge in [-0.1, -0.05) is 15.9 Å². The lowest BCUT2D eigenvalue weighted by molar-refractivity contribution is 0.0917. The highest BCUT2D eigenvalue weighted by Gasteiger charge is 2.38. The molecule has 2 aliphatic heterocycles. The van der Waals surface area contributed by atoms with Gasteiger partial charge in [0.1, 0.15) is 0 Å². The lowest BCUT2D eigenvalue weighted by atomic mass is 9.91. The molecule has 1 aromatic rings. The molecule has 3 rings (SSSR count). The van der Waals surface area contributed by atoms with Crippen molar-refractivity contribution in [3.05, 3.63) is 32.7 Å². The van der Waals surface area contributed by atoms with Crippen molar-refractivity contribution in [1.82, 2.24) is 10.2 Å². The predicted octanol–water partition coefficient (Wildman–Crippen LogP) is 3.81. The van der Waals surface area contributed by atoms with Crippen LogP contribution in [0.5, 0.6) is 0 Å². The Bertz CT molecular complexity index is 535. The van der Waals surface area contributed by atoms with E-state index >= 15 is 0 Å². The van der Waals surface area contributed by atoms with Gasteiger partial charge in [0.2, 0.25) is 0 Å². The van der Waals surface area contributed by atoms with Crippen LogP contribution < -0.4 is 5.32 Å². The Kier molecular flexibility index (Phi) is 4.71. The number of amides is 1. The number of carbonyl (C=O) groups excluding carboxylic acids is 1. The van der Waals surface area contributed by atoms with Crippen LogP contribution in [0.4, 0.5) is 0 Å². The Hall–Kier alpha value is -0.390. The summed E-state index contributed by atoms with van der Waals surface area (Å²) in [6.45, 7) is 0.794. The SMILES string of the molecule is CN1C2CCC1CC(CNC(=O)c1ccc(Br)cc1Br)C2. The van der Waals surface area contributed by atoms with Crippen LogP contribution in [-0.2, 0) is 0 Å². The second kappa shape index (κ2) is 6.39. The summed E-state index contributed by atoms with van der Waals surface area (Å²) in [4.78, 5) is 14.8. The number of piperidine rings is 1. The maximum atomic E-state index is 12.3. The highest BCUT2D eigenvalue weighted by molar-refractivity contribution is 9.11. The monoisotopic (exact) mass is 414 g/mol. The van der Waals surface area contributed by atoms with Gasteiger partial charge < -0.3 is 10.2 Å². The molecule has 5 heteroatoms. The van der Waals surface area contributed by atoms with E-state index in [1.165, 1.54) is 25.7 Å². The largest absolute Gasteiger partial charge is 0.352 e. The lowest BCUT2D eigenvalue weighted by Crippen LogP contribution is -2.43. The van der Waals surface area contributed by atoms with Crippen LogP contribution >= 0.6 is 31.9 Å². The molecule has 2 aliphatic rings. The molecule has 0 aliphatic carbocycles. The molecule has 0 spiro atoms. The van der Waals surface area contributed by atoms with Crippen molar-refractivity contribution in [2.24, 2.45) is 5.92 Å². The second-order valence-electron chi connectivity index (χ2n) is 6.22. The fraction of sp³-hybridized carbons (Fsp3) is 0.562. The van der Waals surface area contributed by atoms with Crippen molar-refractivity contribution in [3.8, 4) is 0 Å². The third-order valence-corrected chi connectivity index (χ3v) is 6.07. The van der Waals surface area contributed by atoms with E-state index < -0.39 is 0 Å². The van der Waals surface area contributed by atoms with E-state index in [1.54, 1.807) is 0 Å². The van der Waals surface area contributed by atoms with Crippen LogP contribution in [0.15, 0.2) is 27.1 Å². The van der Waals surface area contributed by atoms with Gasteiger partial charge in [-0.2, -0.15) is 0 Å². The first-order valence-corrected chi connectivity index (χ1v) is 9.08. The first-order chi connectivity index (χ1) is 10.0. The average molecular weight is 416 g/mol. The van der Waals surface area contributed by atoms with Crippen molar-refractivity contribution in [2.45, 2.75) is 37.8 Å². The molecule has 0 saturated carbocycles. The molecule has 1 N–H and O–H groups in total. The molecule has 2 heterocycles. The fourth-order valence-electron chi connectivity index (χ4n) is 3.70. The first kappa shape index (κ1) is 15.5. The summed E-state index contributed by atoms with van der Waals surface area (Å²) in [6.07, 6.45) is 5.08. The van der Waals surface area contributed by atoms with Gasteiger partial charge in [0.25, 0.3) is 5.91 Å². The zero-order valence-corrected chi connectivity index (χ0v) is 15.3. The van der Waals surface area contributed by atoms with Crippen LogP contribution in [0, 0.1) is 5.92 Å². The minimum Gasteiger partial charge on any atom is -0.352 e.